The van der Waals surface area contributed by atoms with E-state index >= 15 is 0 Å². The fraction of sp³-hybridized carbons (Fsp3) is 0.909. The van der Waals surface area contributed by atoms with Crippen molar-refractivity contribution in [3.8, 4) is 0 Å². The molecule has 1 N–H and O–H groups in total. The fourth-order valence-corrected chi connectivity index (χ4v) is 1.89. The van der Waals surface area contributed by atoms with E-state index in [9.17, 15) is 4.79 Å². The quantitative estimate of drug-likeness (QED) is 0.795. The zero-order valence-electron chi connectivity index (χ0n) is 9.78. The van der Waals surface area contributed by atoms with Crippen LogP contribution in [0.4, 0.5) is 0 Å². The van der Waals surface area contributed by atoms with Gasteiger partial charge in [0, 0.05) is 25.7 Å². The van der Waals surface area contributed by atoms with Crippen molar-refractivity contribution in [3.05, 3.63) is 0 Å². The Kier molecular flexibility index (Phi) is 5.52. The number of carbonyl (C=O) groups is 1. The van der Waals surface area contributed by atoms with Gasteiger partial charge in [-0.1, -0.05) is 0 Å². The first kappa shape index (κ1) is 13.7. The van der Waals surface area contributed by atoms with Crippen LogP contribution in [-0.4, -0.2) is 49.7 Å². The highest BCUT2D eigenvalue weighted by Gasteiger charge is 2.25. The Labute approximate surface area is 103 Å². The molecule has 1 aliphatic heterocycles. The average Bonchev–Trinajstić information content (AvgIpc) is 3.02. The van der Waals surface area contributed by atoms with Gasteiger partial charge in [-0.15, -0.1) is 12.4 Å². The predicted octanol–water partition coefficient (Wildman–Crippen LogP) is 0.655. The van der Waals surface area contributed by atoms with Gasteiger partial charge in [0.05, 0.1) is 6.61 Å². The summed E-state index contributed by atoms with van der Waals surface area (Å²) in [5.41, 5.74) is 0. The van der Waals surface area contributed by atoms with E-state index in [1.807, 2.05) is 4.90 Å². The van der Waals surface area contributed by atoms with Gasteiger partial charge in [-0.25, -0.2) is 0 Å². The molecule has 1 aliphatic carbocycles. The molecule has 2 aliphatic rings. The number of carbonyl (C=O) groups excluding carboxylic acids is 1. The second kappa shape index (κ2) is 6.42. The molecular weight excluding hydrogens is 228 g/mol. The third-order valence-electron chi connectivity index (χ3n) is 3.10. The number of rotatable bonds is 4. The number of nitrogens with zero attached hydrogens (tertiary/aromatic N) is 1. The highest BCUT2D eigenvalue weighted by atomic mass is 35.5. The Morgan fingerprint density at radius 2 is 2.25 bits per heavy atom. The second-order valence-electron chi connectivity index (χ2n) is 4.60. The predicted molar refractivity (Wildman–Crippen MR) is 64.8 cm³/mol. The number of ether oxygens (including phenoxy) is 1. The van der Waals surface area contributed by atoms with Crippen LogP contribution >= 0.6 is 12.4 Å². The molecule has 16 heavy (non-hydrogen) atoms. The minimum Gasteiger partial charge on any atom is -0.371 e. The standard InChI is InChI=1S/C11H20N2O2.ClH/c1-9-6-12-4-5-13(9)11(14)8-15-7-10-2-3-10;/h9-10,12H,2-8H2,1H3;1H/t9-;/m0./s1. The van der Waals surface area contributed by atoms with Gasteiger partial charge >= 0.3 is 0 Å². The minimum atomic E-state index is 0. The van der Waals surface area contributed by atoms with Crippen LogP contribution < -0.4 is 5.32 Å². The maximum absolute atomic E-state index is 11.8. The van der Waals surface area contributed by atoms with E-state index in [4.69, 9.17) is 4.74 Å². The molecule has 94 valence electrons. The molecule has 1 saturated carbocycles. The van der Waals surface area contributed by atoms with Gasteiger partial charge in [0.1, 0.15) is 6.61 Å². The molecule has 1 amide bonds. The summed E-state index contributed by atoms with van der Waals surface area (Å²) in [6.07, 6.45) is 2.55. The van der Waals surface area contributed by atoms with Gasteiger partial charge in [0.2, 0.25) is 5.91 Å². The van der Waals surface area contributed by atoms with Crippen molar-refractivity contribution >= 4 is 18.3 Å². The average molecular weight is 249 g/mol. The summed E-state index contributed by atoms with van der Waals surface area (Å²) in [6, 6.07) is 0.302. The van der Waals surface area contributed by atoms with Crippen molar-refractivity contribution in [2.24, 2.45) is 5.92 Å². The number of hydrogen-bond acceptors (Lipinski definition) is 3. The molecule has 0 aromatic rings. The maximum atomic E-state index is 11.8. The largest absolute Gasteiger partial charge is 0.371 e. The number of halogens is 1. The number of hydrogen-bond donors (Lipinski definition) is 1. The molecule has 0 aromatic heterocycles. The topological polar surface area (TPSA) is 41.6 Å². The zero-order chi connectivity index (χ0) is 10.7. The van der Waals surface area contributed by atoms with E-state index in [1.54, 1.807) is 0 Å². The van der Waals surface area contributed by atoms with Crippen molar-refractivity contribution in [1.82, 2.24) is 10.2 Å². The van der Waals surface area contributed by atoms with Gasteiger partial charge in [-0.3, -0.25) is 4.79 Å². The lowest BCUT2D eigenvalue weighted by molar-refractivity contribution is -0.139. The normalized spacial score (nSPS) is 25.1. The Balaban J connectivity index is 0.00000128. The lowest BCUT2D eigenvalue weighted by Crippen LogP contribution is -2.53. The summed E-state index contributed by atoms with van der Waals surface area (Å²) in [5, 5.41) is 3.27. The van der Waals surface area contributed by atoms with Crippen LogP contribution in [0.1, 0.15) is 19.8 Å². The molecule has 0 aromatic carbocycles. The maximum Gasteiger partial charge on any atom is 0.248 e. The van der Waals surface area contributed by atoms with Crippen LogP contribution in [0.15, 0.2) is 0 Å². The third-order valence-corrected chi connectivity index (χ3v) is 3.10. The van der Waals surface area contributed by atoms with Gasteiger partial charge in [-0.2, -0.15) is 0 Å². The Bertz CT molecular complexity index is 234. The van der Waals surface area contributed by atoms with Crippen molar-refractivity contribution in [3.63, 3.8) is 0 Å². The molecule has 1 atom stereocenters. The van der Waals surface area contributed by atoms with Gasteiger partial charge in [-0.05, 0) is 25.7 Å². The van der Waals surface area contributed by atoms with Crippen molar-refractivity contribution in [2.45, 2.75) is 25.8 Å². The van der Waals surface area contributed by atoms with E-state index < -0.39 is 0 Å². The lowest BCUT2D eigenvalue weighted by atomic mass is 10.2. The molecule has 4 nitrogen and oxygen atoms in total. The molecule has 1 saturated heterocycles. The summed E-state index contributed by atoms with van der Waals surface area (Å²) in [4.78, 5) is 13.7. The SMILES string of the molecule is C[C@H]1CNCCN1C(=O)COCC1CC1.Cl. The van der Waals surface area contributed by atoms with E-state index in [0.717, 1.165) is 32.2 Å². The van der Waals surface area contributed by atoms with Gasteiger partial charge < -0.3 is 15.0 Å². The summed E-state index contributed by atoms with van der Waals surface area (Å²) in [5.74, 6) is 0.878. The summed E-state index contributed by atoms with van der Waals surface area (Å²) in [7, 11) is 0. The van der Waals surface area contributed by atoms with Crippen LogP contribution in [0.3, 0.4) is 0 Å². The van der Waals surface area contributed by atoms with E-state index in [2.05, 4.69) is 12.2 Å². The first-order chi connectivity index (χ1) is 7.27. The highest BCUT2D eigenvalue weighted by molar-refractivity contribution is 5.85. The molecule has 2 rings (SSSR count). The van der Waals surface area contributed by atoms with Gasteiger partial charge in [0.25, 0.3) is 0 Å². The fourth-order valence-electron chi connectivity index (χ4n) is 1.89. The van der Waals surface area contributed by atoms with Gasteiger partial charge in [0.15, 0.2) is 0 Å². The number of piperazine rings is 1. The Hall–Kier alpha value is -0.320. The molecule has 0 spiro atoms. The van der Waals surface area contributed by atoms with Crippen LogP contribution in [0.2, 0.25) is 0 Å². The molecule has 1 heterocycles. The Morgan fingerprint density at radius 1 is 1.50 bits per heavy atom. The molecule has 2 fully saturated rings. The molecule has 0 bridgehead atoms. The van der Waals surface area contributed by atoms with Crippen LogP contribution in [-0.2, 0) is 9.53 Å². The number of nitrogens with one attached hydrogen (secondary N) is 1. The molecule has 0 unspecified atom stereocenters. The third kappa shape index (κ3) is 3.92. The lowest BCUT2D eigenvalue weighted by Gasteiger charge is -2.33. The monoisotopic (exact) mass is 248 g/mol. The van der Waals surface area contributed by atoms with E-state index in [-0.39, 0.29) is 24.9 Å². The van der Waals surface area contributed by atoms with Crippen molar-refractivity contribution in [1.29, 1.82) is 0 Å². The smallest absolute Gasteiger partial charge is 0.248 e. The van der Waals surface area contributed by atoms with E-state index in [0.29, 0.717) is 6.04 Å². The first-order valence-corrected chi connectivity index (χ1v) is 5.85. The highest BCUT2D eigenvalue weighted by Crippen LogP contribution is 2.28. The zero-order valence-corrected chi connectivity index (χ0v) is 10.6. The van der Waals surface area contributed by atoms with E-state index in [1.165, 1.54) is 12.8 Å². The molecular formula is C11H21ClN2O2. The molecule has 0 radical (unpaired) electrons. The van der Waals surface area contributed by atoms with Crippen molar-refractivity contribution in [2.75, 3.05) is 32.8 Å². The first-order valence-electron chi connectivity index (χ1n) is 5.85. The van der Waals surface area contributed by atoms with Crippen LogP contribution in [0.5, 0.6) is 0 Å². The van der Waals surface area contributed by atoms with Crippen molar-refractivity contribution < 1.29 is 9.53 Å². The Morgan fingerprint density at radius 3 is 2.88 bits per heavy atom. The summed E-state index contributed by atoms with van der Waals surface area (Å²) >= 11 is 0. The summed E-state index contributed by atoms with van der Waals surface area (Å²) < 4.78 is 5.41. The minimum absolute atomic E-state index is 0. The molecule has 5 heteroatoms. The summed E-state index contributed by atoms with van der Waals surface area (Å²) in [6.45, 7) is 5.72. The van der Waals surface area contributed by atoms with Crippen LogP contribution in [0, 0.1) is 5.92 Å². The number of amides is 1. The second-order valence-corrected chi connectivity index (χ2v) is 4.60. The van der Waals surface area contributed by atoms with Crippen LogP contribution in [0.25, 0.3) is 0 Å².